The van der Waals surface area contributed by atoms with Gasteiger partial charge in [0, 0.05) is 21.9 Å². The number of rotatable bonds is 7. The van der Waals surface area contributed by atoms with Gasteiger partial charge >= 0.3 is 0 Å². The highest BCUT2D eigenvalue weighted by Crippen LogP contribution is 2.34. The third kappa shape index (κ3) is 5.28. The quantitative estimate of drug-likeness (QED) is 0.504. The van der Waals surface area contributed by atoms with Gasteiger partial charge in [-0.25, -0.2) is 8.42 Å². The Kier molecular flexibility index (Phi) is 6.01. The Labute approximate surface area is 187 Å². The minimum atomic E-state index is -3.74. The Morgan fingerprint density at radius 1 is 0.935 bits per heavy atom. The fourth-order valence-corrected chi connectivity index (χ4v) is 4.09. The lowest BCUT2D eigenvalue weighted by Gasteiger charge is -2.10. The van der Waals surface area contributed by atoms with Crippen molar-refractivity contribution in [2.24, 2.45) is 0 Å². The minimum absolute atomic E-state index is 0.0765. The van der Waals surface area contributed by atoms with Gasteiger partial charge in [-0.3, -0.25) is 9.52 Å². The number of halogens is 1. The van der Waals surface area contributed by atoms with Gasteiger partial charge in [0.25, 0.3) is 15.9 Å². The number of nitrogens with one attached hydrogen (secondary N) is 2. The fraction of sp³-hybridized carbons (Fsp3) is 0.0952. The van der Waals surface area contributed by atoms with E-state index in [2.05, 4.69) is 26.0 Å². The SMILES string of the molecule is O=C(COc1ccc(S(=O)(=O)Nc2ccc(Br)cc2)cc1)Nc1ccc2c(c1)OCO2. The molecule has 10 heteroatoms. The number of carbonyl (C=O) groups excluding carboxylic acids is 1. The van der Waals surface area contributed by atoms with Crippen molar-refractivity contribution < 1.29 is 27.4 Å². The molecule has 1 amide bonds. The highest BCUT2D eigenvalue weighted by atomic mass is 79.9. The van der Waals surface area contributed by atoms with Crippen LogP contribution in [0.4, 0.5) is 11.4 Å². The van der Waals surface area contributed by atoms with Gasteiger partial charge in [0.1, 0.15) is 5.75 Å². The molecule has 160 valence electrons. The number of amides is 1. The minimum Gasteiger partial charge on any atom is -0.484 e. The van der Waals surface area contributed by atoms with Gasteiger partial charge in [0.05, 0.1) is 4.90 Å². The van der Waals surface area contributed by atoms with Crippen molar-refractivity contribution >= 4 is 43.2 Å². The van der Waals surface area contributed by atoms with Crippen LogP contribution in [0.25, 0.3) is 0 Å². The van der Waals surface area contributed by atoms with Gasteiger partial charge in [-0.05, 0) is 60.7 Å². The lowest BCUT2D eigenvalue weighted by molar-refractivity contribution is -0.118. The van der Waals surface area contributed by atoms with Crippen LogP contribution in [0.15, 0.2) is 76.1 Å². The van der Waals surface area contributed by atoms with Crippen LogP contribution < -0.4 is 24.2 Å². The van der Waals surface area contributed by atoms with Gasteiger partial charge in [0.2, 0.25) is 6.79 Å². The Morgan fingerprint density at radius 3 is 2.35 bits per heavy atom. The first-order valence-electron chi connectivity index (χ1n) is 9.10. The van der Waals surface area contributed by atoms with Crippen molar-refractivity contribution in [2.45, 2.75) is 4.90 Å². The van der Waals surface area contributed by atoms with E-state index in [9.17, 15) is 13.2 Å². The lowest BCUT2D eigenvalue weighted by Crippen LogP contribution is -2.20. The van der Waals surface area contributed by atoms with E-state index in [1.165, 1.54) is 24.3 Å². The molecule has 31 heavy (non-hydrogen) atoms. The summed E-state index contributed by atoms with van der Waals surface area (Å²) in [5.74, 6) is 1.18. The van der Waals surface area contributed by atoms with E-state index in [1.807, 2.05) is 0 Å². The summed E-state index contributed by atoms with van der Waals surface area (Å²) in [7, 11) is -3.74. The molecule has 0 unspecified atom stereocenters. The predicted octanol–water partition coefficient (Wildman–Crippen LogP) is 4.00. The van der Waals surface area contributed by atoms with Gasteiger partial charge in [-0.15, -0.1) is 0 Å². The Hall–Kier alpha value is -3.24. The molecule has 0 fully saturated rings. The van der Waals surface area contributed by atoms with E-state index < -0.39 is 10.0 Å². The van der Waals surface area contributed by atoms with Crippen molar-refractivity contribution in [3.05, 3.63) is 71.2 Å². The van der Waals surface area contributed by atoms with Crippen molar-refractivity contribution in [3.8, 4) is 17.2 Å². The van der Waals surface area contributed by atoms with Crippen LogP contribution in [0.5, 0.6) is 17.2 Å². The molecule has 3 aromatic carbocycles. The lowest BCUT2D eigenvalue weighted by atomic mass is 10.3. The number of hydrogen-bond acceptors (Lipinski definition) is 6. The Balaban J connectivity index is 1.32. The van der Waals surface area contributed by atoms with Crippen molar-refractivity contribution in [2.75, 3.05) is 23.4 Å². The van der Waals surface area contributed by atoms with Crippen LogP contribution in [0, 0.1) is 0 Å². The normalized spacial score (nSPS) is 12.3. The summed E-state index contributed by atoms with van der Waals surface area (Å²) in [4.78, 5) is 12.2. The molecule has 8 nitrogen and oxygen atoms in total. The van der Waals surface area contributed by atoms with Crippen LogP contribution in [-0.2, 0) is 14.8 Å². The van der Waals surface area contributed by atoms with Gasteiger partial charge in [-0.2, -0.15) is 0 Å². The number of anilines is 2. The van der Waals surface area contributed by atoms with Gasteiger partial charge < -0.3 is 19.5 Å². The standard InChI is InChI=1S/C21H17BrN2O6S/c22-14-1-3-15(4-2-14)24-31(26,27)18-8-6-17(7-9-18)28-12-21(25)23-16-5-10-19-20(11-16)30-13-29-19/h1-11,24H,12-13H2,(H,23,25). The second kappa shape index (κ2) is 8.86. The van der Waals surface area contributed by atoms with E-state index >= 15 is 0 Å². The third-order valence-corrected chi connectivity index (χ3v) is 6.18. The first kappa shape index (κ1) is 21.0. The fourth-order valence-electron chi connectivity index (χ4n) is 2.77. The molecule has 0 bridgehead atoms. The third-order valence-electron chi connectivity index (χ3n) is 4.26. The zero-order valence-corrected chi connectivity index (χ0v) is 18.4. The summed E-state index contributed by atoms with van der Waals surface area (Å²) >= 11 is 3.30. The molecule has 4 rings (SSSR count). The highest BCUT2D eigenvalue weighted by molar-refractivity contribution is 9.10. The number of benzene rings is 3. The van der Waals surface area contributed by atoms with Crippen molar-refractivity contribution in [1.29, 1.82) is 0 Å². The van der Waals surface area contributed by atoms with Crippen molar-refractivity contribution in [3.63, 3.8) is 0 Å². The molecule has 0 radical (unpaired) electrons. The van der Waals surface area contributed by atoms with E-state index in [-0.39, 0.29) is 24.2 Å². The average molecular weight is 505 g/mol. The summed E-state index contributed by atoms with van der Waals surface area (Å²) in [6.45, 7) is -0.0854. The van der Waals surface area contributed by atoms with E-state index in [0.29, 0.717) is 28.6 Å². The molecule has 0 saturated heterocycles. The molecule has 1 aliphatic rings. The summed E-state index contributed by atoms with van der Waals surface area (Å²) in [5, 5.41) is 2.70. The van der Waals surface area contributed by atoms with E-state index in [0.717, 1.165) is 4.47 Å². The zero-order chi connectivity index (χ0) is 21.8. The molecule has 3 aromatic rings. The van der Waals surface area contributed by atoms with Crippen LogP contribution in [0.1, 0.15) is 0 Å². The summed E-state index contributed by atoms with van der Waals surface area (Å²) in [6, 6.07) is 17.7. The zero-order valence-electron chi connectivity index (χ0n) is 16.0. The second-order valence-corrected chi connectivity index (χ2v) is 9.09. The maximum Gasteiger partial charge on any atom is 0.262 e. The van der Waals surface area contributed by atoms with Crippen LogP contribution in [-0.4, -0.2) is 27.7 Å². The molecular weight excluding hydrogens is 488 g/mol. The molecule has 0 spiro atoms. The van der Waals surface area contributed by atoms with Crippen LogP contribution >= 0.6 is 15.9 Å². The van der Waals surface area contributed by atoms with Crippen molar-refractivity contribution in [1.82, 2.24) is 0 Å². The second-order valence-electron chi connectivity index (χ2n) is 6.49. The molecule has 0 aliphatic carbocycles. The number of sulfonamides is 1. The smallest absolute Gasteiger partial charge is 0.262 e. The number of ether oxygens (including phenoxy) is 3. The maximum absolute atomic E-state index is 12.5. The van der Waals surface area contributed by atoms with Crippen LogP contribution in [0.2, 0.25) is 0 Å². The number of fused-ring (bicyclic) bond motifs is 1. The Bertz CT molecular complexity index is 1200. The largest absolute Gasteiger partial charge is 0.484 e. The molecular formula is C21H17BrN2O6S. The molecule has 0 atom stereocenters. The number of carbonyl (C=O) groups is 1. The monoisotopic (exact) mass is 504 g/mol. The maximum atomic E-state index is 12.5. The van der Waals surface area contributed by atoms with E-state index in [4.69, 9.17) is 14.2 Å². The first-order chi connectivity index (χ1) is 14.9. The van der Waals surface area contributed by atoms with E-state index in [1.54, 1.807) is 42.5 Å². The molecule has 2 N–H and O–H groups in total. The highest BCUT2D eigenvalue weighted by Gasteiger charge is 2.16. The number of hydrogen-bond donors (Lipinski definition) is 2. The predicted molar refractivity (Wildman–Crippen MR) is 118 cm³/mol. The Morgan fingerprint density at radius 2 is 1.61 bits per heavy atom. The molecule has 0 aromatic heterocycles. The average Bonchev–Trinajstić information content (AvgIpc) is 3.22. The topological polar surface area (TPSA) is 103 Å². The summed E-state index contributed by atoms with van der Waals surface area (Å²) in [5.41, 5.74) is 1.00. The molecule has 1 heterocycles. The molecule has 1 aliphatic heterocycles. The van der Waals surface area contributed by atoms with Crippen LogP contribution in [0.3, 0.4) is 0 Å². The first-order valence-corrected chi connectivity index (χ1v) is 11.4. The summed E-state index contributed by atoms with van der Waals surface area (Å²) in [6.07, 6.45) is 0. The molecule has 0 saturated carbocycles. The van der Waals surface area contributed by atoms with Gasteiger partial charge in [0.15, 0.2) is 18.1 Å². The van der Waals surface area contributed by atoms with Gasteiger partial charge in [-0.1, -0.05) is 15.9 Å². The summed E-state index contributed by atoms with van der Waals surface area (Å²) < 4.78 is 44.3.